The first-order chi connectivity index (χ1) is 13.6. The zero-order chi connectivity index (χ0) is 21.3. The van der Waals surface area contributed by atoms with Gasteiger partial charge in [0.25, 0.3) is 5.91 Å². The van der Waals surface area contributed by atoms with Crippen molar-refractivity contribution in [3.8, 4) is 0 Å². The molecule has 2 heterocycles. The fraction of sp³-hybridized carbons (Fsp3) is 0.409. The van der Waals surface area contributed by atoms with E-state index >= 15 is 0 Å². The maximum Gasteiger partial charge on any atom is 0.275 e. The third-order valence-electron chi connectivity index (χ3n) is 4.98. The summed E-state index contributed by atoms with van der Waals surface area (Å²) in [6, 6.07) is 8.05. The molecule has 3 aromatic rings. The van der Waals surface area contributed by atoms with Crippen molar-refractivity contribution in [2.24, 2.45) is 7.05 Å². The average Bonchev–Trinajstić information content (AvgIpc) is 3.19. The van der Waals surface area contributed by atoms with Crippen molar-refractivity contribution in [2.45, 2.75) is 53.0 Å². The van der Waals surface area contributed by atoms with Gasteiger partial charge in [-0.3, -0.25) is 14.2 Å². The third-order valence-corrected chi connectivity index (χ3v) is 4.98. The number of hydrogen-bond donors (Lipinski definition) is 1. The van der Waals surface area contributed by atoms with Crippen LogP contribution >= 0.6 is 0 Å². The summed E-state index contributed by atoms with van der Waals surface area (Å²) in [6.45, 7) is 10.5. The smallest absolute Gasteiger partial charge is 0.275 e. The van der Waals surface area contributed by atoms with E-state index in [9.17, 15) is 9.18 Å². The molecule has 154 valence electrons. The topological polar surface area (TPSA) is 64.7 Å². The van der Waals surface area contributed by atoms with Crippen LogP contribution in [0.2, 0.25) is 0 Å². The highest BCUT2D eigenvalue weighted by Crippen LogP contribution is 2.24. The maximum absolute atomic E-state index is 13.2. The quantitative estimate of drug-likeness (QED) is 0.701. The van der Waals surface area contributed by atoms with Crippen LogP contribution in [0.5, 0.6) is 0 Å². The number of carbonyl (C=O) groups excluding carboxylic acids is 1. The number of halogens is 1. The van der Waals surface area contributed by atoms with Crippen molar-refractivity contribution >= 4 is 11.7 Å². The normalized spacial score (nSPS) is 11.7. The summed E-state index contributed by atoms with van der Waals surface area (Å²) in [7, 11) is 1.82. The summed E-state index contributed by atoms with van der Waals surface area (Å²) in [5.41, 5.74) is 3.86. The van der Waals surface area contributed by atoms with Gasteiger partial charge in [0, 0.05) is 18.0 Å². The molecule has 2 aromatic heterocycles. The van der Waals surface area contributed by atoms with Gasteiger partial charge in [-0.15, -0.1) is 0 Å². The van der Waals surface area contributed by atoms with Gasteiger partial charge >= 0.3 is 0 Å². The number of nitrogens with zero attached hydrogens (tertiary/aromatic N) is 4. The Balaban J connectivity index is 1.96. The van der Waals surface area contributed by atoms with Crippen molar-refractivity contribution in [3.05, 3.63) is 64.4 Å². The van der Waals surface area contributed by atoms with Crippen LogP contribution < -0.4 is 5.32 Å². The first kappa shape index (κ1) is 20.8. The van der Waals surface area contributed by atoms with Crippen LogP contribution in [0.3, 0.4) is 0 Å². The standard InChI is InChI=1S/C22H28FN5O/c1-7-17-14(2)20(27(6)25-17)24-21(29)18-12-19(22(3,4)5)26-28(18)13-15-8-10-16(23)11-9-15/h8-12H,7,13H2,1-6H3,(H,24,29). The largest absolute Gasteiger partial charge is 0.305 e. The van der Waals surface area contributed by atoms with Crippen molar-refractivity contribution < 1.29 is 9.18 Å². The number of aryl methyl sites for hydroxylation is 2. The Morgan fingerprint density at radius 1 is 1.17 bits per heavy atom. The van der Waals surface area contributed by atoms with Crippen molar-refractivity contribution in [3.63, 3.8) is 0 Å². The summed E-state index contributed by atoms with van der Waals surface area (Å²) in [5.74, 6) is 0.142. The van der Waals surface area contributed by atoms with E-state index in [-0.39, 0.29) is 17.1 Å². The van der Waals surface area contributed by atoms with E-state index in [1.165, 1.54) is 12.1 Å². The molecule has 0 radical (unpaired) electrons. The van der Waals surface area contributed by atoms with Gasteiger partial charge in [-0.25, -0.2) is 4.39 Å². The number of hydrogen-bond acceptors (Lipinski definition) is 3. The van der Waals surface area contributed by atoms with Gasteiger partial charge in [-0.2, -0.15) is 10.2 Å². The van der Waals surface area contributed by atoms with Crippen LogP contribution in [-0.4, -0.2) is 25.5 Å². The van der Waals surface area contributed by atoms with Gasteiger partial charge in [0.1, 0.15) is 17.3 Å². The summed E-state index contributed by atoms with van der Waals surface area (Å²) in [4.78, 5) is 13.1. The van der Waals surface area contributed by atoms with Gasteiger partial charge in [-0.1, -0.05) is 39.8 Å². The highest BCUT2D eigenvalue weighted by molar-refractivity contribution is 6.03. The fourth-order valence-corrected chi connectivity index (χ4v) is 3.22. The number of aromatic nitrogens is 4. The highest BCUT2D eigenvalue weighted by Gasteiger charge is 2.24. The molecule has 6 nitrogen and oxygen atoms in total. The Morgan fingerprint density at radius 2 is 1.83 bits per heavy atom. The zero-order valence-electron chi connectivity index (χ0n) is 17.9. The Morgan fingerprint density at radius 3 is 2.38 bits per heavy atom. The first-order valence-corrected chi connectivity index (χ1v) is 9.76. The Bertz CT molecular complexity index is 1020. The van der Waals surface area contributed by atoms with Crippen molar-refractivity contribution in [1.29, 1.82) is 0 Å². The Hall–Kier alpha value is -2.96. The molecule has 0 spiro atoms. The minimum atomic E-state index is -0.291. The van der Waals surface area contributed by atoms with Crippen LogP contribution in [-0.2, 0) is 25.4 Å². The number of benzene rings is 1. The summed E-state index contributed by atoms with van der Waals surface area (Å²) < 4.78 is 16.6. The molecule has 3 rings (SSSR count). The monoisotopic (exact) mass is 397 g/mol. The maximum atomic E-state index is 13.2. The zero-order valence-corrected chi connectivity index (χ0v) is 17.9. The lowest BCUT2D eigenvalue weighted by molar-refractivity contribution is 0.101. The van der Waals surface area contributed by atoms with E-state index in [4.69, 9.17) is 0 Å². The van der Waals surface area contributed by atoms with Gasteiger partial charge in [-0.05, 0) is 37.1 Å². The number of amides is 1. The van der Waals surface area contributed by atoms with Gasteiger partial charge in [0.05, 0.1) is 17.9 Å². The molecule has 0 saturated carbocycles. The molecule has 0 atom stereocenters. The van der Waals surface area contributed by atoms with Gasteiger partial charge in [0.2, 0.25) is 0 Å². The van der Waals surface area contributed by atoms with Gasteiger partial charge < -0.3 is 5.32 Å². The molecule has 0 aliphatic heterocycles. The number of nitrogens with one attached hydrogen (secondary N) is 1. The molecule has 0 fully saturated rings. The van der Waals surface area contributed by atoms with E-state index in [1.807, 2.05) is 27.0 Å². The first-order valence-electron chi connectivity index (χ1n) is 9.76. The predicted molar refractivity (Wildman–Crippen MR) is 112 cm³/mol. The van der Waals surface area contributed by atoms with Crippen LogP contribution in [0.4, 0.5) is 10.2 Å². The average molecular weight is 397 g/mol. The van der Waals surface area contributed by atoms with Crippen LogP contribution in [0, 0.1) is 12.7 Å². The molecule has 0 aliphatic carbocycles. The van der Waals surface area contributed by atoms with E-state index in [0.29, 0.717) is 18.1 Å². The molecule has 1 N–H and O–H groups in total. The molecule has 29 heavy (non-hydrogen) atoms. The lowest BCUT2D eigenvalue weighted by atomic mass is 9.92. The summed E-state index contributed by atoms with van der Waals surface area (Å²) in [5, 5.41) is 12.1. The SMILES string of the molecule is CCc1nn(C)c(NC(=O)c2cc(C(C)(C)C)nn2Cc2ccc(F)cc2)c1C. The summed E-state index contributed by atoms with van der Waals surface area (Å²) in [6.07, 6.45) is 0.798. The lowest BCUT2D eigenvalue weighted by Gasteiger charge is -2.14. The van der Waals surface area contributed by atoms with Gasteiger partial charge in [0.15, 0.2) is 0 Å². The molecule has 1 amide bonds. The molecule has 0 unspecified atom stereocenters. The second-order valence-corrected chi connectivity index (χ2v) is 8.30. The molecule has 0 saturated heterocycles. The molecule has 1 aromatic carbocycles. The fourth-order valence-electron chi connectivity index (χ4n) is 3.22. The van der Waals surface area contributed by atoms with E-state index in [0.717, 1.165) is 28.9 Å². The Labute approximate surface area is 170 Å². The third kappa shape index (κ3) is 4.39. The highest BCUT2D eigenvalue weighted by atomic mass is 19.1. The molecule has 0 aliphatic rings. The molecular formula is C22H28FN5O. The van der Waals surface area contributed by atoms with Crippen LogP contribution in [0.15, 0.2) is 30.3 Å². The number of rotatable bonds is 5. The molecule has 7 heteroatoms. The Kier molecular flexibility index (Phi) is 5.59. The number of anilines is 1. The van der Waals surface area contributed by atoms with E-state index < -0.39 is 0 Å². The molecule has 0 bridgehead atoms. The second-order valence-electron chi connectivity index (χ2n) is 8.30. The molecular weight excluding hydrogens is 369 g/mol. The number of carbonyl (C=O) groups is 1. The van der Waals surface area contributed by atoms with Crippen LogP contribution in [0.25, 0.3) is 0 Å². The predicted octanol–water partition coefficient (Wildman–Crippen LogP) is 4.22. The van der Waals surface area contributed by atoms with Crippen LogP contribution in [0.1, 0.15) is 60.7 Å². The second kappa shape index (κ2) is 7.81. The van der Waals surface area contributed by atoms with E-state index in [2.05, 4.69) is 36.3 Å². The van der Waals surface area contributed by atoms with Crippen molar-refractivity contribution in [1.82, 2.24) is 19.6 Å². The lowest BCUT2D eigenvalue weighted by Crippen LogP contribution is -2.20. The minimum Gasteiger partial charge on any atom is -0.305 e. The summed E-state index contributed by atoms with van der Waals surface area (Å²) >= 11 is 0. The van der Waals surface area contributed by atoms with E-state index in [1.54, 1.807) is 21.5 Å². The van der Waals surface area contributed by atoms with Crippen molar-refractivity contribution in [2.75, 3.05) is 5.32 Å². The minimum absolute atomic E-state index is 0.207.